The fourth-order valence-corrected chi connectivity index (χ4v) is 3.22. The molecule has 1 aliphatic carbocycles. The Bertz CT molecular complexity index is 737. The summed E-state index contributed by atoms with van der Waals surface area (Å²) in [7, 11) is 1.28. The number of rotatable bonds is 3. The number of ether oxygens (including phenoxy) is 1. The normalized spacial score (nSPS) is 14.0. The standard InChI is InChI=1S/C17H14BrFO3/c1-22-17(21)13-8-12(9-2-3-9)14(15(18)16(13)20)10-4-6-11(19)7-5-10/h4-9,20H,2-3H2,1H3. The lowest BCUT2D eigenvalue weighted by atomic mass is 9.94. The second kappa shape index (κ2) is 5.72. The maximum absolute atomic E-state index is 13.1. The first kappa shape index (κ1) is 15.0. The van der Waals surface area contributed by atoms with E-state index in [4.69, 9.17) is 4.74 Å². The van der Waals surface area contributed by atoms with Crippen molar-refractivity contribution in [3.63, 3.8) is 0 Å². The van der Waals surface area contributed by atoms with Gasteiger partial charge in [-0.3, -0.25) is 0 Å². The van der Waals surface area contributed by atoms with Crippen LogP contribution in [0.2, 0.25) is 0 Å². The van der Waals surface area contributed by atoms with E-state index in [1.807, 2.05) is 0 Å². The quantitative estimate of drug-likeness (QED) is 0.807. The van der Waals surface area contributed by atoms with Crippen LogP contribution < -0.4 is 0 Å². The van der Waals surface area contributed by atoms with E-state index in [9.17, 15) is 14.3 Å². The Kier molecular flexibility index (Phi) is 3.91. The molecule has 0 aliphatic heterocycles. The van der Waals surface area contributed by atoms with Crippen LogP contribution in [0, 0.1) is 5.82 Å². The number of phenolic OH excluding ortho intramolecular Hbond substituents is 1. The lowest BCUT2D eigenvalue weighted by molar-refractivity contribution is 0.0597. The zero-order valence-electron chi connectivity index (χ0n) is 11.9. The third kappa shape index (κ3) is 2.61. The molecule has 0 saturated heterocycles. The molecule has 3 rings (SSSR count). The number of esters is 1. The summed E-state index contributed by atoms with van der Waals surface area (Å²) in [6.45, 7) is 0. The molecule has 0 bridgehead atoms. The van der Waals surface area contributed by atoms with E-state index in [1.165, 1.54) is 19.2 Å². The second-order valence-electron chi connectivity index (χ2n) is 5.32. The molecule has 114 valence electrons. The van der Waals surface area contributed by atoms with Crippen molar-refractivity contribution in [2.75, 3.05) is 7.11 Å². The molecule has 2 aromatic rings. The Morgan fingerprint density at radius 1 is 1.32 bits per heavy atom. The van der Waals surface area contributed by atoms with Crippen LogP contribution in [0.3, 0.4) is 0 Å². The molecule has 0 atom stereocenters. The molecule has 22 heavy (non-hydrogen) atoms. The number of hydrogen-bond donors (Lipinski definition) is 1. The third-order valence-electron chi connectivity index (χ3n) is 3.83. The molecule has 0 aromatic heterocycles. The summed E-state index contributed by atoms with van der Waals surface area (Å²) in [5.41, 5.74) is 2.70. The lowest BCUT2D eigenvalue weighted by Crippen LogP contribution is -2.04. The summed E-state index contributed by atoms with van der Waals surface area (Å²) < 4.78 is 18.3. The first-order chi connectivity index (χ1) is 10.5. The average Bonchev–Trinajstić information content (AvgIpc) is 3.35. The Labute approximate surface area is 135 Å². The highest BCUT2D eigenvalue weighted by atomic mass is 79.9. The van der Waals surface area contributed by atoms with Crippen molar-refractivity contribution in [2.24, 2.45) is 0 Å². The van der Waals surface area contributed by atoms with Gasteiger partial charge in [-0.15, -0.1) is 0 Å². The second-order valence-corrected chi connectivity index (χ2v) is 6.12. The number of hydrogen-bond acceptors (Lipinski definition) is 3. The van der Waals surface area contributed by atoms with E-state index in [1.54, 1.807) is 18.2 Å². The van der Waals surface area contributed by atoms with Crippen molar-refractivity contribution in [3.8, 4) is 16.9 Å². The first-order valence-corrected chi connectivity index (χ1v) is 7.71. The maximum Gasteiger partial charge on any atom is 0.341 e. The van der Waals surface area contributed by atoms with Crippen molar-refractivity contribution >= 4 is 21.9 Å². The van der Waals surface area contributed by atoms with Crippen LogP contribution in [0.25, 0.3) is 11.1 Å². The molecule has 3 nitrogen and oxygen atoms in total. The summed E-state index contributed by atoms with van der Waals surface area (Å²) in [5.74, 6) is -0.704. The van der Waals surface area contributed by atoms with E-state index >= 15 is 0 Å². The molecule has 1 fully saturated rings. The number of aromatic hydroxyl groups is 1. The molecule has 0 unspecified atom stereocenters. The minimum Gasteiger partial charge on any atom is -0.506 e. The van der Waals surface area contributed by atoms with Crippen molar-refractivity contribution < 1.29 is 19.0 Å². The van der Waals surface area contributed by atoms with Gasteiger partial charge < -0.3 is 9.84 Å². The number of carbonyl (C=O) groups excluding carboxylic acids is 1. The summed E-state index contributed by atoms with van der Waals surface area (Å²) in [5, 5.41) is 10.3. The molecule has 1 N–H and O–H groups in total. The van der Waals surface area contributed by atoms with E-state index in [0.717, 1.165) is 29.5 Å². The molecule has 0 heterocycles. The van der Waals surface area contributed by atoms with E-state index < -0.39 is 5.97 Å². The van der Waals surface area contributed by atoms with Crippen LogP contribution in [0.1, 0.15) is 34.7 Å². The first-order valence-electron chi connectivity index (χ1n) is 6.92. The molecular formula is C17H14BrFO3. The smallest absolute Gasteiger partial charge is 0.341 e. The van der Waals surface area contributed by atoms with Gasteiger partial charge in [0.1, 0.15) is 17.1 Å². The zero-order chi connectivity index (χ0) is 15.9. The molecule has 0 amide bonds. The topological polar surface area (TPSA) is 46.5 Å². The molecule has 0 spiro atoms. The highest BCUT2D eigenvalue weighted by molar-refractivity contribution is 9.10. The Balaban J connectivity index is 2.22. The number of methoxy groups -OCH3 is 1. The fraction of sp³-hybridized carbons (Fsp3) is 0.235. The fourth-order valence-electron chi connectivity index (χ4n) is 2.55. The van der Waals surface area contributed by atoms with Crippen LogP contribution in [0.4, 0.5) is 4.39 Å². The van der Waals surface area contributed by atoms with Gasteiger partial charge in [0, 0.05) is 5.56 Å². The predicted octanol–water partition coefficient (Wildman–Crippen LogP) is 4.62. The van der Waals surface area contributed by atoms with Crippen LogP contribution >= 0.6 is 15.9 Å². The highest BCUT2D eigenvalue weighted by Crippen LogP contribution is 2.50. The average molecular weight is 365 g/mol. The molecule has 2 aromatic carbocycles. The molecule has 5 heteroatoms. The molecule has 0 radical (unpaired) electrons. The van der Waals surface area contributed by atoms with Crippen LogP contribution in [-0.4, -0.2) is 18.2 Å². The Hall–Kier alpha value is -1.88. The van der Waals surface area contributed by atoms with Crippen molar-refractivity contribution in [1.82, 2.24) is 0 Å². The van der Waals surface area contributed by atoms with Crippen molar-refractivity contribution in [3.05, 3.63) is 51.7 Å². The van der Waals surface area contributed by atoms with Gasteiger partial charge >= 0.3 is 5.97 Å². The Morgan fingerprint density at radius 2 is 1.95 bits per heavy atom. The van der Waals surface area contributed by atoms with Gasteiger partial charge in [0.05, 0.1) is 11.6 Å². The van der Waals surface area contributed by atoms with Gasteiger partial charge in [-0.05, 0) is 64.0 Å². The summed E-state index contributed by atoms with van der Waals surface area (Å²) in [6, 6.07) is 7.77. The summed E-state index contributed by atoms with van der Waals surface area (Å²) in [4.78, 5) is 11.8. The van der Waals surface area contributed by atoms with Crippen LogP contribution in [0.5, 0.6) is 5.75 Å². The van der Waals surface area contributed by atoms with Crippen molar-refractivity contribution in [1.29, 1.82) is 0 Å². The van der Waals surface area contributed by atoms with E-state index in [2.05, 4.69) is 15.9 Å². The van der Waals surface area contributed by atoms with Crippen molar-refractivity contribution in [2.45, 2.75) is 18.8 Å². The van der Waals surface area contributed by atoms with Gasteiger partial charge in [0.15, 0.2) is 0 Å². The molecule has 1 aliphatic rings. The van der Waals surface area contributed by atoms with Gasteiger partial charge in [-0.25, -0.2) is 9.18 Å². The molecule has 1 saturated carbocycles. The van der Waals surface area contributed by atoms with E-state index in [0.29, 0.717) is 10.4 Å². The van der Waals surface area contributed by atoms with Gasteiger partial charge in [-0.1, -0.05) is 12.1 Å². The van der Waals surface area contributed by atoms with Gasteiger partial charge in [0.2, 0.25) is 0 Å². The summed E-state index contributed by atoms with van der Waals surface area (Å²) >= 11 is 3.38. The monoisotopic (exact) mass is 364 g/mol. The van der Waals surface area contributed by atoms with Gasteiger partial charge in [-0.2, -0.15) is 0 Å². The SMILES string of the molecule is COC(=O)c1cc(C2CC2)c(-c2ccc(F)cc2)c(Br)c1O. The third-order valence-corrected chi connectivity index (χ3v) is 4.60. The molecular weight excluding hydrogens is 351 g/mol. The van der Waals surface area contributed by atoms with Gasteiger partial charge in [0.25, 0.3) is 0 Å². The van der Waals surface area contributed by atoms with Crippen LogP contribution in [0.15, 0.2) is 34.8 Å². The number of halogens is 2. The largest absolute Gasteiger partial charge is 0.506 e. The minimum atomic E-state index is -0.578. The Morgan fingerprint density at radius 3 is 2.50 bits per heavy atom. The highest BCUT2D eigenvalue weighted by Gasteiger charge is 2.31. The van der Waals surface area contributed by atoms with Crippen LogP contribution in [-0.2, 0) is 4.74 Å². The lowest BCUT2D eigenvalue weighted by Gasteiger charge is -2.16. The maximum atomic E-state index is 13.1. The van der Waals surface area contributed by atoms with E-state index in [-0.39, 0.29) is 17.1 Å². The minimum absolute atomic E-state index is 0.141. The number of phenols is 1. The number of benzene rings is 2. The zero-order valence-corrected chi connectivity index (χ0v) is 13.5. The predicted molar refractivity (Wildman–Crippen MR) is 84.5 cm³/mol. The summed E-state index contributed by atoms with van der Waals surface area (Å²) in [6.07, 6.45) is 2.07. The number of carbonyl (C=O) groups is 1.